The van der Waals surface area contributed by atoms with Crippen molar-refractivity contribution in [3.63, 3.8) is 0 Å². The van der Waals surface area contributed by atoms with E-state index in [-0.39, 0.29) is 11.8 Å². The molecule has 0 unspecified atom stereocenters. The summed E-state index contributed by atoms with van der Waals surface area (Å²) in [5.74, 6) is 1.22. The van der Waals surface area contributed by atoms with E-state index in [1.165, 1.54) is 0 Å². The minimum atomic E-state index is -0.0469. The first-order chi connectivity index (χ1) is 13.1. The molecule has 144 valence electrons. The molecule has 27 heavy (non-hydrogen) atoms. The zero-order valence-corrected chi connectivity index (χ0v) is 16.5. The van der Waals surface area contributed by atoms with Crippen LogP contribution in [-0.4, -0.2) is 38.1 Å². The average Bonchev–Trinajstić information content (AvgIpc) is 2.70. The Morgan fingerprint density at radius 1 is 1.19 bits per heavy atom. The van der Waals surface area contributed by atoms with Gasteiger partial charge in [0.1, 0.15) is 0 Å². The summed E-state index contributed by atoms with van der Waals surface area (Å²) >= 11 is 6.27. The van der Waals surface area contributed by atoms with Crippen molar-refractivity contribution < 1.29 is 14.3 Å². The zero-order valence-electron chi connectivity index (χ0n) is 15.7. The Hall–Kier alpha value is -2.24. The molecule has 1 aliphatic rings. The number of anilines is 1. The highest BCUT2D eigenvalue weighted by Gasteiger charge is 2.26. The van der Waals surface area contributed by atoms with Crippen molar-refractivity contribution in [2.75, 3.05) is 32.6 Å². The standard InChI is InChI=1S/C21H25ClN2O3/c1-26-19-10-9-17(12-20(19)27-2)23-21(25)16-7-5-11-24(14-16)13-15-6-3-4-8-18(15)22/h3-4,6,8-10,12,16H,5,7,11,13-14H2,1-2H3,(H,23,25)/t16-/m0/s1. The molecule has 0 radical (unpaired) electrons. The third kappa shape index (κ3) is 4.93. The Morgan fingerprint density at radius 2 is 1.96 bits per heavy atom. The van der Waals surface area contributed by atoms with Gasteiger partial charge in [-0.2, -0.15) is 0 Å². The van der Waals surface area contributed by atoms with Crippen LogP contribution in [0.15, 0.2) is 42.5 Å². The van der Waals surface area contributed by atoms with Gasteiger partial charge in [-0.25, -0.2) is 0 Å². The molecule has 2 aromatic carbocycles. The number of hydrogen-bond acceptors (Lipinski definition) is 4. The van der Waals surface area contributed by atoms with Gasteiger partial charge in [-0.3, -0.25) is 9.69 Å². The van der Waals surface area contributed by atoms with Crippen LogP contribution in [0, 0.1) is 5.92 Å². The van der Waals surface area contributed by atoms with E-state index < -0.39 is 0 Å². The number of nitrogens with zero attached hydrogens (tertiary/aromatic N) is 1. The number of likely N-dealkylation sites (tertiary alicyclic amines) is 1. The summed E-state index contributed by atoms with van der Waals surface area (Å²) in [7, 11) is 3.17. The van der Waals surface area contributed by atoms with Gasteiger partial charge < -0.3 is 14.8 Å². The van der Waals surface area contributed by atoms with E-state index >= 15 is 0 Å². The van der Waals surface area contributed by atoms with E-state index in [9.17, 15) is 4.79 Å². The number of hydrogen-bond donors (Lipinski definition) is 1. The van der Waals surface area contributed by atoms with Crippen LogP contribution in [0.1, 0.15) is 18.4 Å². The van der Waals surface area contributed by atoms with Gasteiger partial charge in [-0.15, -0.1) is 0 Å². The molecule has 1 N–H and O–H groups in total. The lowest BCUT2D eigenvalue weighted by Gasteiger charge is -2.32. The van der Waals surface area contributed by atoms with E-state index in [1.807, 2.05) is 30.3 Å². The van der Waals surface area contributed by atoms with Crippen LogP contribution < -0.4 is 14.8 Å². The number of methoxy groups -OCH3 is 2. The first-order valence-electron chi connectivity index (χ1n) is 9.09. The predicted molar refractivity (Wildman–Crippen MR) is 108 cm³/mol. The Labute approximate surface area is 165 Å². The average molecular weight is 389 g/mol. The van der Waals surface area contributed by atoms with E-state index in [0.717, 1.165) is 43.1 Å². The lowest BCUT2D eigenvalue weighted by atomic mass is 9.96. The zero-order chi connectivity index (χ0) is 19.2. The van der Waals surface area contributed by atoms with Crippen molar-refractivity contribution in [3.8, 4) is 11.5 Å². The largest absolute Gasteiger partial charge is 0.493 e. The van der Waals surface area contributed by atoms with E-state index in [2.05, 4.69) is 10.2 Å². The lowest BCUT2D eigenvalue weighted by Crippen LogP contribution is -2.40. The number of nitrogens with one attached hydrogen (secondary N) is 1. The number of amides is 1. The van der Waals surface area contributed by atoms with Crippen LogP contribution >= 0.6 is 11.6 Å². The summed E-state index contributed by atoms with van der Waals surface area (Å²) in [6.07, 6.45) is 1.88. The summed E-state index contributed by atoms with van der Waals surface area (Å²) in [4.78, 5) is 15.0. The molecule has 0 bridgehead atoms. The van der Waals surface area contributed by atoms with Crippen molar-refractivity contribution in [2.24, 2.45) is 5.92 Å². The smallest absolute Gasteiger partial charge is 0.228 e. The van der Waals surface area contributed by atoms with Crippen LogP contribution in [0.4, 0.5) is 5.69 Å². The molecule has 5 nitrogen and oxygen atoms in total. The molecule has 1 fully saturated rings. The molecular weight excluding hydrogens is 364 g/mol. The molecule has 2 aromatic rings. The molecule has 1 amide bonds. The minimum Gasteiger partial charge on any atom is -0.493 e. The van der Waals surface area contributed by atoms with Gasteiger partial charge in [0.25, 0.3) is 0 Å². The summed E-state index contributed by atoms with van der Waals surface area (Å²) in [6.45, 7) is 2.47. The predicted octanol–water partition coefficient (Wildman–Crippen LogP) is 4.21. The van der Waals surface area contributed by atoms with Crippen LogP contribution in [0.25, 0.3) is 0 Å². The van der Waals surface area contributed by atoms with Crippen LogP contribution in [0.5, 0.6) is 11.5 Å². The molecule has 1 aliphatic heterocycles. The summed E-state index contributed by atoms with van der Waals surface area (Å²) < 4.78 is 10.5. The van der Waals surface area contributed by atoms with Crippen LogP contribution in [0.2, 0.25) is 5.02 Å². The third-order valence-corrected chi connectivity index (χ3v) is 5.25. The number of carbonyl (C=O) groups excluding carboxylic acids is 1. The fourth-order valence-corrected chi connectivity index (χ4v) is 3.63. The second kappa shape index (κ2) is 9.11. The number of piperidine rings is 1. The maximum atomic E-state index is 12.8. The van der Waals surface area contributed by atoms with Crippen molar-refractivity contribution in [1.29, 1.82) is 0 Å². The normalized spacial score (nSPS) is 17.4. The molecule has 0 saturated carbocycles. The van der Waals surface area contributed by atoms with Crippen molar-refractivity contribution in [3.05, 3.63) is 53.1 Å². The van der Waals surface area contributed by atoms with Gasteiger partial charge in [-0.1, -0.05) is 29.8 Å². The van der Waals surface area contributed by atoms with Crippen molar-refractivity contribution in [2.45, 2.75) is 19.4 Å². The van der Waals surface area contributed by atoms with Gasteiger partial charge in [0.15, 0.2) is 11.5 Å². The maximum Gasteiger partial charge on any atom is 0.228 e. The molecule has 0 aliphatic carbocycles. The van der Waals surface area contributed by atoms with E-state index in [4.69, 9.17) is 21.1 Å². The summed E-state index contributed by atoms with van der Waals surface area (Å²) in [6, 6.07) is 13.3. The maximum absolute atomic E-state index is 12.8. The Bertz CT molecular complexity index is 797. The second-order valence-electron chi connectivity index (χ2n) is 6.72. The first-order valence-corrected chi connectivity index (χ1v) is 9.47. The topological polar surface area (TPSA) is 50.8 Å². The molecule has 1 atom stereocenters. The number of carbonyl (C=O) groups is 1. The highest BCUT2D eigenvalue weighted by Crippen LogP contribution is 2.30. The molecule has 3 rings (SSSR count). The Balaban J connectivity index is 1.62. The molecular formula is C21H25ClN2O3. The second-order valence-corrected chi connectivity index (χ2v) is 7.13. The van der Waals surface area contributed by atoms with Gasteiger partial charge in [0, 0.05) is 29.9 Å². The number of halogens is 1. The number of ether oxygens (including phenoxy) is 2. The monoisotopic (exact) mass is 388 g/mol. The third-order valence-electron chi connectivity index (χ3n) is 4.88. The minimum absolute atomic E-state index is 0.0334. The van der Waals surface area contributed by atoms with Crippen LogP contribution in [0.3, 0.4) is 0 Å². The van der Waals surface area contributed by atoms with Gasteiger partial charge in [0.05, 0.1) is 20.1 Å². The van der Waals surface area contributed by atoms with Gasteiger partial charge in [-0.05, 0) is 43.1 Å². The quantitative estimate of drug-likeness (QED) is 0.805. The van der Waals surface area contributed by atoms with Gasteiger partial charge >= 0.3 is 0 Å². The summed E-state index contributed by atoms with van der Waals surface area (Å²) in [5, 5.41) is 3.78. The number of benzene rings is 2. The van der Waals surface area contributed by atoms with E-state index in [1.54, 1.807) is 26.4 Å². The SMILES string of the molecule is COc1ccc(NC(=O)[C@H]2CCCN(Cc3ccccc3Cl)C2)cc1OC. The highest BCUT2D eigenvalue weighted by molar-refractivity contribution is 6.31. The Kier molecular flexibility index (Phi) is 6.58. The first kappa shape index (κ1) is 19.5. The van der Waals surface area contributed by atoms with Crippen molar-refractivity contribution >= 4 is 23.2 Å². The lowest BCUT2D eigenvalue weighted by molar-refractivity contribution is -0.121. The highest BCUT2D eigenvalue weighted by atomic mass is 35.5. The molecule has 6 heteroatoms. The molecule has 0 aromatic heterocycles. The fourth-order valence-electron chi connectivity index (χ4n) is 3.44. The van der Waals surface area contributed by atoms with Crippen molar-refractivity contribution in [1.82, 2.24) is 4.90 Å². The molecule has 0 spiro atoms. The summed E-state index contributed by atoms with van der Waals surface area (Å²) in [5.41, 5.74) is 1.81. The Morgan fingerprint density at radius 3 is 2.70 bits per heavy atom. The van der Waals surface area contributed by atoms with Crippen LogP contribution in [-0.2, 0) is 11.3 Å². The van der Waals surface area contributed by atoms with E-state index in [0.29, 0.717) is 17.2 Å². The number of rotatable bonds is 6. The van der Waals surface area contributed by atoms with Gasteiger partial charge in [0.2, 0.25) is 5.91 Å². The fraction of sp³-hybridized carbons (Fsp3) is 0.381. The molecule has 1 saturated heterocycles. The molecule has 1 heterocycles.